The van der Waals surface area contributed by atoms with Gasteiger partial charge >= 0.3 is 0 Å². The van der Waals surface area contributed by atoms with Gasteiger partial charge in [0.15, 0.2) is 5.16 Å². The molecule has 1 aromatic carbocycles. The average molecular weight is 287 g/mol. The molecule has 0 radical (unpaired) electrons. The van der Waals surface area contributed by atoms with Crippen LogP contribution < -0.4 is 5.32 Å². The smallest absolute Gasteiger partial charge is 0.233 e. The van der Waals surface area contributed by atoms with Gasteiger partial charge in [0.25, 0.3) is 0 Å². The van der Waals surface area contributed by atoms with Gasteiger partial charge in [0, 0.05) is 18.9 Å². The van der Waals surface area contributed by atoms with E-state index in [1.54, 1.807) is 18.5 Å². The molecule has 1 aromatic heterocycles. The molecule has 4 nitrogen and oxygen atoms in total. The molecule has 0 aliphatic carbocycles. The number of thioether (sulfide) groups is 1. The second-order valence-corrected chi connectivity index (χ2v) is 5.63. The first-order valence-corrected chi connectivity index (χ1v) is 7.39. The van der Waals surface area contributed by atoms with Crippen LogP contribution in [0.3, 0.4) is 0 Å². The van der Waals surface area contributed by atoms with Crippen LogP contribution in [0.1, 0.15) is 12.5 Å². The molecule has 1 amide bonds. The van der Waals surface area contributed by atoms with Gasteiger partial charge in [-0.1, -0.05) is 42.1 Å². The molecule has 1 atom stereocenters. The summed E-state index contributed by atoms with van der Waals surface area (Å²) in [4.78, 5) is 20.2. The zero-order valence-electron chi connectivity index (χ0n) is 11.3. The second-order valence-electron chi connectivity index (χ2n) is 4.32. The van der Waals surface area contributed by atoms with Crippen molar-refractivity contribution in [3.63, 3.8) is 0 Å². The van der Waals surface area contributed by atoms with E-state index in [4.69, 9.17) is 0 Å². The minimum absolute atomic E-state index is 0.0124. The summed E-state index contributed by atoms with van der Waals surface area (Å²) in [6.07, 6.45) is 4.19. The van der Waals surface area contributed by atoms with Crippen LogP contribution in [0.25, 0.3) is 0 Å². The molecule has 2 aromatic rings. The molecule has 0 saturated heterocycles. The van der Waals surface area contributed by atoms with Gasteiger partial charge in [-0.05, 0) is 25.0 Å². The molecular weight excluding hydrogens is 270 g/mol. The number of nitrogens with one attached hydrogen (secondary N) is 1. The molecule has 5 heteroatoms. The van der Waals surface area contributed by atoms with Crippen LogP contribution in [0.4, 0.5) is 0 Å². The maximum absolute atomic E-state index is 12.0. The lowest BCUT2D eigenvalue weighted by molar-refractivity contribution is -0.120. The topological polar surface area (TPSA) is 54.9 Å². The van der Waals surface area contributed by atoms with E-state index in [0.29, 0.717) is 11.7 Å². The third-order valence-electron chi connectivity index (χ3n) is 2.75. The van der Waals surface area contributed by atoms with Crippen molar-refractivity contribution in [3.05, 3.63) is 54.4 Å². The Balaban J connectivity index is 1.74. The molecule has 0 spiro atoms. The number of rotatable bonds is 6. The number of nitrogens with zero attached hydrogens (tertiary/aromatic N) is 2. The summed E-state index contributed by atoms with van der Waals surface area (Å²) < 4.78 is 0. The van der Waals surface area contributed by atoms with Gasteiger partial charge in [0.05, 0.1) is 5.25 Å². The van der Waals surface area contributed by atoms with Crippen molar-refractivity contribution < 1.29 is 4.79 Å². The Hall–Kier alpha value is -1.88. The normalized spacial score (nSPS) is 11.8. The Labute approximate surface area is 123 Å². The number of hydrogen-bond donors (Lipinski definition) is 1. The Morgan fingerprint density at radius 3 is 2.60 bits per heavy atom. The summed E-state index contributed by atoms with van der Waals surface area (Å²) in [7, 11) is 0. The third kappa shape index (κ3) is 4.66. The minimum Gasteiger partial charge on any atom is -0.355 e. The lowest BCUT2D eigenvalue weighted by atomic mass is 10.1. The fourth-order valence-corrected chi connectivity index (χ4v) is 2.43. The van der Waals surface area contributed by atoms with Gasteiger partial charge in [-0.2, -0.15) is 0 Å². The van der Waals surface area contributed by atoms with Gasteiger partial charge < -0.3 is 5.32 Å². The van der Waals surface area contributed by atoms with E-state index in [1.165, 1.54) is 17.3 Å². The monoisotopic (exact) mass is 287 g/mol. The molecule has 104 valence electrons. The molecule has 2 rings (SSSR count). The largest absolute Gasteiger partial charge is 0.355 e. The lowest BCUT2D eigenvalue weighted by Gasteiger charge is -2.10. The molecule has 0 aliphatic heterocycles. The molecule has 0 aliphatic rings. The lowest BCUT2D eigenvalue weighted by Crippen LogP contribution is -2.32. The first-order chi connectivity index (χ1) is 9.75. The van der Waals surface area contributed by atoms with Gasteiger partial charge in [-0.3, -0.25) is 4.79 Å². The van der Waals surface area contributed by atoms with Crippen LogP contribution in [0.2, 0.25) is 0 Å². The summed E-state index contributed by atoms with van der Waals surface area (Å²) >= 11 is 1.36. The molecule has 20 heavy (non-hydrogen) atoms. The van der Waals surface area contributed by atoms with Crippen molar-refractivity contribution in [1.29, 1.82) is 0 Å². The minimum atomic E-state index is -0.201. The molecular formula is C15H17N3OS. The van der Waals surface area contributed by atoms with Crippen molar-refractivity contribution >= 4 is 17.7 Å². The standard InChI is InChI=1S/C15H17N3OS/c1-12(20-15-17-9-5-10-18-15)14(19)16-11-8-13-6-3-2-4-7-13/h2-7,9-10,12H,8,11H2,1H3,(H,16,19). The van der Waals surface area contributed by atoms with E-state index in [1.807, 2.05) is 25.1 Å². The van der Waals surface area contributed by atoms with Crippen molar-refractivity contribution in [1.82, 2.24) is 15.3 Å². The second kappa shape index (κ2) is 7.65. The van der Waals surface area contributed by atoms with E-state index in [0.717, 1.165) is 6.42 Å². The van der Waals surface area contributed by atoms with Gasteiger partial charge in [0.1, 0.15) is 0 Å². The molecule has 1 heterocycles. The first-order valence-electron chi connectivity index (χ1n) is 6.51. The highest BCUT2D eigenvalue weighted by molar-refractivity contribution is 8.00. The van der Waals surface area contributed by atoms with Crippen molar-refractivity contribution in [2.45, 2.75) is 23.8 Å². The number of hydrogen-bond acceptors (Lipinski definition) is 4. The molecule has 0 bridgehead atoms. The van der Waals surface area contributed by atoms with Crippen LogP contribution in [0, 0.1) is 0 Å². The Morgan fingerprint density at radius 1 is 1.20 bits per heavy atom. The summed E-state index contributed by atoms with van der Waals surface area (Å²) in [6.45, 7) is 2.50. The average Bonchev–Trinajstić information content (AvgIpc) is 2.49. The maximum Gasteiger partial charge on any atom is 0.233 e. The summed E-state index contributed by atoms with van der Waals surface area (Å²) in [5.41, 5.74) is 1.22. The number of benzene rings is 1. The Bertz CT molecular complexity index is 533. The number of amides is 1. The molecule has 0 fully saturated rings. The van der Waals surface area contributed by atoms with E-state index in [-0.39, 0.29) is 11.2 Å². The van der Waals surface area contributed by atoms with E-state index in [2.05, 4.69) is 27.4 Å². The molecule has 1 unspecified atom stereocenters. The zero-order valence-corrected chi connectivity index (χ0v) is 12.1. The Morgan fingerprint density at radius 2 is 1.90 bits per heavy atom. The van der Waals surface area contributed by atoms with Crippen LogP contribution >= 0.6 is 11.8 Å². The third-order valence-corrected chi connectivity index (χ3v) is 3.74. The summed E-state index contributed by atoms with van der Waals surface area (Å²) in [6, 6.07) is 11.9. The van der Waals surface area contributed by atoms with Crippen molar-refractivity contribution in [2.24, 2.45) is 0 Å². The molecule has 0 saturated carbocycles. The van der Waals surface area contributed by atoms with E-state index in [9.17, 15) is 4.79 Å². The number of carbonyl (C=O) groups is 1. The van der Waals surface area contributed by atoms with Gasteiger partial charge in [0.2, 0.25) is 5.91 Å². The highest BCUT2D eigenvalue weighted by atomic mass is 32.2. The van der Waals surface area contributed by atoms with Crippen LogP contribution in [-0.2, 0) is 11.2 Å². The van der Waals surface area contributed by atoms with Crippen molar-refractivity contribution in [2.75, 3.05) is 6.54 Å². The van der Waals surface area contributed by atoms with Crippen LogP contribution in [0.5, 0.6) is 0 Å². The maximum atomic E-state index is 12.0. The Kier molecular flexibility index (Phi) is 5.55. The zero-order chi connectivity index (χ0) is 14.2. The first kappa shape index (κ1) is 14.5. The van der Waals surface area contributed by atoms with E-state index >= 15 is 0 Å². The fraction of sp³-hybridized carbons (Fsp3) is 0.267. The van der Waals surface area contributed by atoms with Crippen molar-refractivity contribution in [3.8, 4) is 0 Å². The van der Waals surface area contributed by atoms with Gasteiger partial charge in [-0.25, -0.2) is 9.97 Å². The molecule has 1 N–H and O–H groups in total. The van der Waals surface area contributed by atoms with Crippen LogP contribution in [0.15, 0.2) is 53.9 Å². The summed E-state index contributed by atoms with van der Waals surface area (Å²) in [5.74, 6) is 0.0124. The quantitative estimate of drug-likeness (QED) is 0.654. The van der Waals surface area contributed by atoms with Crippen LogP contribution in [-0.4, -0.2) is 27.7 Å². The summed E-state index contributed by atoms with van der Waals surface area (Å²) in [5, 5.41) is 3.36. The number of carbonyl (C=O) groups excluding carboxylic acids is 1. The predicted octanol–water partition coefficient (Wildman–Crippen LogP) is 2.32. The highest BCUT2D eigenvalue weighted by Crippen LogP contribution is 2.17. The van der Waals surface area contributed by atoms with Gasteiger partial charge in [-0.15, -0.1) is 0 Å². The highest BCUT2D eigenvalue weighted by Gasteiger charge is 2.14. The number of aromatic nitrogens is 2. The predicted molar refractivity (Wildman–Crippen MR) is 80.5 cm³/mol. The SMILES string of the molecule is CC(Sc1ncccn1)C(=O)NCCc1ccccc1. The fourth-order valence-electron chi connectivity index (χ4n) is 1.68. The van der Waals surface area contributed by atoms with E-state index < -0.39 is 0 Å².